The quantitative estimate of drug-likeness (QED) is 0.399. The highest BCUT2D eigenvalue weighted by molar-refractivity contribution is 7.92. The second-order valence-electron chi connectivity index (χ2n) is 10.4. The van der Waals surface area contributed by atoms with Gasteiger partial charge in [0.15, 0.2) is 0 Å². The summed E-state index contributed by atoms with van der Waals surface area (Å²) in [6.07, 6.45) is 0. The zero-order valence-electron chi connectivity index (χ0n) is 23.3. The molecule has 3 aromatic carbocycles. The Bertz CT molecular complexity index is 1380. The van der Waals surface area contributed by atoms with Crippen LogP contribution in [0.5, 0.6) is 5.75 Å². The van der Waals surface area contributed by atoms with Gasteiger partial charge in [-0.15, -0.1) is 0 Å². The molecule has 0 saturated carbocycles. The maximum Gasteiger partial charge on any atom is 0.264 e. The Morgan fingerprint density at radius 3 is 2.08 bits per heavy atom. The average molecular weight is 552 g/mol. The van der Waals surface area contributed by atoms with Gasteiger partial charge in [0.05, 0.1) is 17.7 Å². The minimum Gasteiger partial charge on any atom is -0.497 e. The first-order chi connectivity index (χ1) is 18.3. The van der Waals surface area contributed by atoms with Gasteiger partial charge < -0.3 is 15.0 Å². The van der Waals surface area contributed by atoms with Crippen molar-refractivity contribution < 1.29 is 22.7 Å². The van der Waals surface area contributed by atoms with Crippen LogP contribution in [0, 0.1) is 6.92 Å². The Kier molecular flexibility index (Phi) is 9.40. The number of carbonyl (C=O) groups excluding carboxylic acids is 2. The topological polar surface area (TPSA) is 96.0 Å². The predicted octanol–water partition coefficient (Wildman–Crippen LogP) is 4.53. The number of rotatable bonds is 10. The largest absolute Gasteiger partial charge is 0.497 e. The fourth-order valence-electron chi connectivity index (χ4n) is 4.03. The number of para-hydroxylation sites is 1. The highest BCUT2D eigenvalue weighted by Crippen LogP contribution is 2.26. The molecule has 1 N–H and O–H groups in total. The number of carbonyl (C=O) groups is 2. The van der Waals surface area contributed by atoms with Crippen LogP contribution in [-0.4, -0.2) is 50.4 Å². The SMILES string of the molecule is COc1ccc(S(=O)(=O)N(CC(=O)N(Cc2ccccc2C)C(C)C(=O)NC(C)(C)C)c2ccccc2)cc1. The van der Waals surface area contributed by atoms with E-state index in [2.05, 4.69) is 5.32 Å². The lowest BCUT2D eigenvalue weighted by Gasteiger charge is -2.33. The second kappa shape index (κ2) is 12.3. The van der Waals surface area contributed by atoms with Gasteiger partial charge in [0.25, 0.3) is 10.0 Å². The third-order valence-corrected chi connectivity index (χ3v) is 8.03. The van der Waals surface area contributed by atoms with Gasteiger partial charge in [-0.3, -0.25) is 13.9 Å². The number of sulfonamides is 1. The van der Waals surface area contributed by atoms with Crippen molar-refractivity contribution >= 4 is 27.5 Å². The maximum atomic E-state index is 14.0. The fraction of sp³-hybridized carbons (Fsp3) is 0.333. The zero-order valence-corrected chi connectivity index (χ0v) is 24.2. The van der Waals surface area contributed by atoms with E-state index in [-0.39, 0.29) is 17.3 Å². The molecule has 0 bridgehead atoms. The number of hydrogen-bond donors (Lipinski definition) is 1. The van der Waals surface area contributed by atoms with Crippen LogP contribution in [0.1, 0.15) is 38.8 Å². The molecular weight excluding hydrogens is 514 g/mol. The van der Waals surface area contributed by atoms with Crippen LogP contribution in [0.2, 0.25) is 0 Å². The molecule has 208 valence electrons. The minimum absolute atomic E-state index is 0.0175. The van der Waals surface area contributed by atoms with Crippen molar-refractivity contribution in [3.63, 3.8) is 0 Å². The van der Waals surface area contributed by atoms with Gasteiger partial charge in [-0.05, 0) is 82.1 Å². The van der Waals surface area contributed by atoms with Crippen molar-refractivity contribution in [2.24, 2.45) is 0 Å². The van der Waals surface area contributed by atoms with Crippen LogP contribution in [0.3, 0.4) is 0 Å². The number of aryl methyl sites for hydroxylation is 1. The Labute approximate surface area is 231 Å². The number of nitrogens with zero attached hydrogens (tertiary/aromatic N) is 2. The fourth-order valence-corrected chi connectivity index (χ4v) is 5.44. The lowest BCUT2D eigenvalue weighted by atomic mass is 10.1. The van der Waals surface area contributed by atoms with Crippen LogP contribution < -0.4 is 14.4 Å². The summed E-state index contributed by atoms with van der Waals surface area (Å²) in [6, 6.07) is 21.2. The molecule has 1 unspecified atom stereocenters. The smallest absolute Gasteiger partial charge is 0.264 e. The Balaban J connectivity index is 2.02. The highest BCUT2D eigenvalue weighted by Gasteiger charge is 2.33. The summed E-state index contributed by atoms with van der Waals surface area (Å²) in [6.45, 7) is 8.84. The van der Waals surface area contributed by atoms with E-state index in [1.807, 2.05) is 52.0 Å². The first-order valence-electron chi connectivity index (χ1n) is 12.7. The average Bonchev–Trinajstić information content (AvgIpc) is 2.90. The van der Waals surface area contributed by atoms with E-state index < -0.39 is 34.1 Å². The van der Waals surface area contributed by atoms with Crippen LogP contribution in [-0.2, 0) is 26.2 Å². The van der Waals surface area contributed by atoms with Gasteiger partial charge in [-0.1, -0.05) is 42.5 Å². The second-order valence-corrected chi connectivity index (χ2v) is 12.2. The summed E-state index contributed by atoms with van der Waals surface area (Å²) in [5, 5.41) is 2.93. The Morgan fingerprint density at radius 1 is 0.923 bits per heavy atom. The third kappa shape index (κ3) is 7.60. The number of ether oxygens (including phenoxy) is 1. The van der Waals surface area contributed by atoms with E-state index in [9.17, 15) is 18.0 Å². The van der Waals surface area contributed by atoms with Gasteiger partial charge in [0, 0.05) is 12.1 Å². The molecule has 0 radical (unpaired) electrons. The molecule has 0 aliphatic carbocycles. The molecule has 0 spiro atoms. The molecule has 0 fully saturated rings. The van der Waals surface area contributed by atoms with Crippen LogP contribution in [0.25, 0.3) is 0 Å². The van der Waals surface area contributed by atoms with Crippen molar-refractivity contribution in [1.29, 1.82) is 0 Å². The molecule has 8 nitrogen and oxygen atoms in total. The van der Waals surface area contributed by atoms with E-state index in [0.717, 1.165) is 15.4 Å². The maximum absolute atomic E-state index is 14.0. The van der Waals surface area contributed by atoms with Crippen molar-refractivity contribution in [3.05, 3.63) is 90.0 Å². The van der Waals surface area contributed by atoms with Gasteiger partial charge in [0.1, 0.15) is 18.3 Å². The monoisotopic (exact) mass is 551 g/mol. The van der Waals surface area contributed by atoms with Crippen molar-refractivity contribution in [1.82, 2.24) is 10.2 Å². The van der Waals surface area contributed by atoms with Gasteiger partial charge in [-0.2, -0.15) is 0 Å². The van der Waals surface area contributed by atoms with E-state index in [0.29, 0.717) is 11.4 Å². The number of nitrogens with one attached hydrogen (secondary N) is 1. The zero-order chi connectivity index (χ0) is 28.8. The third-order valence-electron chi connectivity index (χ3n) is 6.24. The molecule has 3 aromatic rings. The van der Waals surface area contributed by atoms with Crippen molar-refractivity contribution in [2.75, 3.05) is 18.0 Å². The lowest BCUT2D eigenvalue weighted by molar-refractivity contribution is -0.140. The number of anilines is 1. The summed E-state index contributed by atoms with van der Waals surface area (Å²) >= 11 is 0. The molecule has 3 rings (SSSR count). The first-order valence-corrected chi connectivity index (χ1v) is 14.2. The summed E-state index contributed by atoms with van der Waals surface area (Å²) < 4.78 is 33.9. The molecule has 1 atom stereocenters. The molecule has 9 heteroatoms. The molecule has 0 saturated heterocycles. The normalized spacial score (nSPS) is 12.4. The molecule has 0 heterocycles. The van der Waals surface area contributed by atoms with E-state index in [1.165, 1.54) is 24.1 Å². The van der Waals surface area contributed by atoms with Gasteiger partial charge in [0.2, 0.25) is 11.8 Å². The Morgan fingerprint density at radius 2 is 1.51 bits per heavy atom. The standard InChI is InChI=1S/C30H37N3O5S/c1-22-12-10-11-13-24(22)20-32(23(2)29(35)31-30(3,4)5)28(34)21-33(25-14-8-7-9-15-25)39(36,37)27-18-16-26(38-6)17-19-27/h7-19,23H,20-21H2,1-6H3,(H,31,35). The van der Waals surface area contributed by atoms with Gasteiger partial charge in [-0.25, -0.2) is 8.42 Å². The highest BCUT2D eigenvalue weighted by atomic mass is 32.2. The van der Waals surface area contributed by atoms with Crippen LogP contribution >= 0.6 is 0 Å². The van der Waals surface area contributed by atoms with Crippen molar-refractivity contribution in [3.8, 4) is 5.75 Å². The lowest BCUT2D eigenvalue weighted by Crippen LogP contribution is -2.54. The first kappa shape index (κ1) is 29.7. The summed E-state index contributed by atoms with van der Waals surface area (Å²) in [7, 11) is -2.64. The van der Waals surface area contributed by atoms with Crippen LogP contribution in [0.15, 0.2) is 83.8 Å². The van der Waals surface area contributed by atoms with E-state index >= 15 is 0 Å². The van der Waals surface area contributed by atoms with Gasteiger partial charge >= 0.3 is 0 Å². The van der Waals surface area contributed by atoms with E-state index in [1.54, 1.807) is 49.4 Å². The molecule has 0 aromatic heterocycles. The van der Waals surface area contributed by atoms with Crippen LogP contribution in [0.4, 0.5) is 5.69 Å². The number of amides is 2. The molecule has 39 heavy (non-hydrogen) atoms. The molecular formula is C30H37N3O5S. The molecule has 0 aliphatic rings. The summed E-state index contributed by atoms with van der Waals surface area (Å²) in [5.74, 6) is -0.316. The minimum atomic E-state index is -4.13. The van der Waals surface area contributed by atoms with Crippen molar-refractivity contribution in [2.45, 2.75) is 57.6 Å². The molecule has 0 aliphatic heterocycles. The predicted molar refractivity (Wildman–Crippen MR) is 153 cm³/mol. The summed E-state index contributed by atoms with van der Waals surface area (Å²) in [4.78, 5) is 28.6. The van der Waals surface area contributed by atoms with E-state index in [4.69, 9.17) is 4.74 Å². The Hall–Kier alpha value is -3.85. The molecule has 2 amide bonds. The summed E-state index contributed by atoms with van der Waals surface area (Å²) in [5.41, 5.74) is 1.66. The number of benzene rings is 3. The number of methoxy groups -OCH3 is 1. The number of hydrogen-bond acceptors (Lipinski definition) is 5.